The topological polar surface area (TPSA) is 26.1 Å². The van der Waals surface area contributed by atoms with E-state index in [0.29, 0.717) is 11.8 Å². The zero-order valence-electron chi connectivity index (χ0n) is 22.4. The van der Waals surface area contributed by atoms with Gasteiger partial charge >= 0.3 is 0 Å². The van der Waals surface area contributed by atoms with Crippen molar-refractivity contribution in [1.82, 2.24) is 14.2 Å². The normalized spacial score (nSPS) is 11.6. The number of hydrogen-bond acceptors (Lipinski definition) is 1. The Bertz CT molecular complexity index is 1680. The lowest BCUT2D eigenvalue weighted by atomic mass is 9.92. The van der Waals surface area contributed by atoms with Gasteiger partial charge < -0.3 is 0 Å². The molecule has 3 aromatic carbocycles. The van der Waals surface area contributed by atoms with Gasteiger partial charge in [-0.1, -0.05) is 113 Å². The third kappa shape index (κ3) is 4.22. The number of hydrogen-bond donors (Lipinski definition) is 0. The van der Waals surface area contributed by atoms with Crippen molar-refractivity contribution in [3.8, 4) is 34.0 Å². The van der Waals surface area contributed by atoms with Crippen LogP contribution in [0.25, 0.3) is 39.5 Å². The van der Waals surface area contributed by atoms with E-state index in [-0.39, 0.29) is 0 Å². The molecular formula is C34H33N4+. The highest BCUT2D eigenvalue weighted by Gasteiger charge is 2.23. The van der Waals surface area contributed by atoms with E-state index >= 15 is 0 Å². The van der Waals surface area contributed by atoms with Crippen LogP contribution in [0.1, 0.15) is 50.7 Å². The Balaban J connectivity index is 1.59. The summed E-state index contributed by atoms with van der Waals surface area (Å²) in [5.41, 5.74) is 9.35. The first-order chi connectivity index (χ1) is 18.5. The Morgan fingerprint density at radius 1 is 0.658 bits per heavy atom. The molecule has 0 saturated carbocycles. The molecule has 0 amide bonds. The van der Waals surface area contributed by atoms with Crippen LogP contribution in [-0.4, -0.2) is 14.2 Å². The molecule has 0 spiro atoms. The molecule has 4 heteroatoms. The minimum atomic E-state index is 0.419. The van der Waals surface area contributed by atoms with Gasteiger partial charge in [-0.2, -0.15) is 14.2 Å². The number of benzene rings is 3. The van der Waals surface area contributed by atoms with Crippen LogP contribution in [-0.2, 0) is 0 Å². The van der Waals surface area contributed by atoms with Crippen molar-refractivity contribution < 1.29 is 4.57 Å². The van der Waals surface area contributed by atoms with E-state index in [1.807, 2.05) is 6.07 Å². The van der Waals surface area contributed by atoms with Crippen LogP contribution >= 0.6 is 0 Å². The first-order valence-electron chi connectivity index (χ1n) is 13.4. The molecule has 188 valence electrons. The Labute approximate surface area is 224 Å². The second-order valence-electron chi connectivity index (χ2n) is 10.5. The number of imidazole rings is 1. The third-order valence-electron chi connectivity index (χ3n) is 7.21. The molecule has 3 aromatic heterocycles. The summed E-state index contributed by atoms with van der Waals surface area (Å²) in [6.07, 6.45) is 4.44. The number of aromatic nitrogens is 4. The highest BCUT2D eigenvalue weighted by Crippen LogP contribution is 2.30. The molecule has 0 aliphatic rings. The van der Waals surface area contributed by atoms with Gasteiger partial charge in [-0.15, -0.1) is 0 Å². The molecule has 0 aliphatic heterocycles. The fourth-order valence-corrected chi connectivity index (χ4v) is 5.28. The van der Waals surface area contributed by atoms with Crippen molar-refractivity contribution in [3.63, 3.8) is 0 Å². The minimum Gasteiger partial charge on any atom is -0.201 e. The van der Waals surface area contributed by atoms with Crippen molar-refractivity contribution in [2.24, 2.45) is 0 Å². The number of para-hydroxylation sites is 1. The summed E-state index contributed by atoms with van der Waals surface area (Å²) in [6.45, 7) is 9.08. The van der Waals surface area contributed by atoms with Crippen molar-refractivity contribution in [2.75, 3.05) is 0 Å². The lowest BCUT2D eigenvalue weighted by Crippen LogP contribution is -2.31. The van der Waals surface area contributed by atoms with Crippen LogP contribution in [0.2, 0.25) is 0 Å². The monoisotopic (exact) mass is 497 g/mol. The number of fused-ring (bicyclic) bond motifs is 1. The van der Waals surface area contributed by atoms with E-state index in [2.05, 4.69) is 151 Å². The van der Waals surface area contributed by atoms with Gasteiger partial charge in [0, 0.05) is 28.3 Å². The summed E-state index contributed by atoms with van der Waals surface area (Å²) < 4.78 is 6.62. The fraction of sp³-hybridized carbons (Fsp3) is 0.176. The maximum atomic E-state index is 5.14. The molecule has 6 rings (SSSR count). The van der Waals surface area contributed by atoms with Crippen molar-refractivity contribution in [2.45, 2.75) is 39.5 Å². The standard InChI is InChI=1S/C34H33N4/c1-24(2)29-18-12-19-30(25(3)4)34(29)36-22-28-17-11-20-33(37(28)23-36)38-32(27-15-9-6-10-16-27)21-31(35-38)26-13-7-5-8-14-26/h5-25H,1-4H3/q+1. The molecule has 0 fully saturated rings. The molecule has 3 heterocycles. The first kappa shape index (κ1) is 23.9. The van der Waals surface area contributed by atoms with E-state index in [1.165, 1.54) is 16.8 Å². The molecule has 0 N–H and O–H groups in total. The van der Waals surface area contributed by atoms with Gasteiger partial charge in [0.1, 0.15) is 11.9 Å². The van der Waals surface area contributed by atoms with Crippen LogP contribution in [0.15, 0.2) is 116 Å². The Morgan fingerprint density at radius 3 is 1.89 bits per heavy atom. The second kappa shape index (κ2) is 9.79. The van der Waals surface area contributed by atoms with E-state index in [4.69, 9.17) is 5.10 Å². The molecule has 6 aromatic rings. The van der Waals surface area contributed by atoms with E-state index in [9.17, 15) is 0 Å². The number of pyridine rings is 1. The zero-order valence-corrected chi connectivity index (χ0v) is 22.4. The molecule has 0 atom stereocenters. The average molecular weight is 498 g/mol. The lowest BCUT2D eigenvalue weighted by Gasteiger charge is -2.16. The Morgan fingerprint density at radius 2 is 1.26 bits per heavy atom. The quantitative estimate of drug-likeness (QED) is 0.214. The SMILES string of the molecule is CC(C)c1cccc(C(C)C)c1-[n+]1cc2cccc(-n3nc(-c4ccccc4)cc3-c3ccccc3)n2c1. The Kier molecular flexibility index (Phi) is 6.16. The van der Waals surface area contributed by atoms with Crippen LogP contribution in [0.4, 0.5) is 0 Å². The molecule has 0 unspecified atom stereocenters. The van der Waals surface area contributed by atoms with Crippen molar-refractivity contribution in [3.05, 3.63) is 127 Å². The predicted molar refractivity (Wildman–Crippen MR) is 155 cm³/mol. The van der Waals surface area contributed by atoms with Gasteiger partial charge in [0.2, 0.25) is 5.82 Å². The summed E-state index contributed by atoms with van der Waals surface area (Å²) in [6, 6.07) is 36.2. The van der Waals surface area contributed by atoms with Gasteiger partial charge in [-0.25, -0.2) is 4.57 Å². The highest BCUT2D eigenvalue weighted by molar-refractivity contribution is 5.70. The molecular weight excluding hydrogens is 464 g/mol. The molecule has 38 heavy (non-hydrogen) atoms. The summed E-state index contributed by atoms with van der Waals surface area (Å²) in [5.74, 6) is 1.83. The fourth-order valence-electron chi connectivity index (χ4n) is 5.28. The van der Waals surface area contributed by atoms with Crippen LogP contribution in [0.5, 0.6) is 0 Å². The summed E-state index contributed by atoms with van der Waals surface area (Å²) in [4.78, 5) is 0. The highest BCUT2D eigenvalue weighted by atomic mass is 15.3. The van der Waals surface area contributed by atoms with Gasteiger partial charge in [0.15, 0.2) is 5.52 Å². The number of nitrogens with zero attached hydrogens (tertiary/aromatic N) is 4. The molecule has 0 radical (unpaired) electrons. The maximum Gasteiger partial charge on any atom is 0.256 e. The van der Waals surface area contributed by atoms with Crippen LogP contribution in [0.3, 0.4) is 0 Å². The van der Waals surface area contributed by atoms with Crippen LogP contribution in [0, 0.1) is 0 Å². The molecule has 0 bridgehead atoms. The molecule has 0 aliphatic carbocycles. The predicted octanol–water partition coefficient (Wildman–Crippen LogP) is 7.98. The van der Waals surface area contributed by atoms with E-state index in [0.717, 1.165) is 33.8 Å². The smallest absolute Gasteiger partial charge is 0.201 e. The number of rotatable bonds is 6. The molecule has 4 nitrogen and oxygen atoms in total. The van der Waals surface area contributed by atoms with Crippen molar-refractivity contribution >= 4 is 5.52 Å². The summed E-state index contributed by atoms with van der Waals surface area (Å²) in [5, 5.41) is 5.14. The lowest BCUT2D eigenvalue weighted by molar-refractivity contribution is -0.595. The average Bonchev–Trinajstić information content (AvgIpc) is 3.58. The van der Waals surface area contributed by atoms with E-state index in [1.54, 1.807) is 0 Å². The van der Waals surface area contributed by atoms with Gasteiger partial charge in [-0.05, 0) is 24.0 Å². The van der Waals surface area contributed by atoms with Gasteiger partial charge in [-0.3, -0.25) is 0 Å². The van der Waals surface area contributed by atoms with Crippen molar-refractivity contribution in [1.29, 1.82) is 0 Å². The summed E-state index contributed by atoms with van der Waals surface area (Å²) in [7, 11) is 0. The zero-order chi connectivity index (χ0) is 26.2. The molecule has 0 saturated heterocycles. The summed E-state index contributed by atoms with van der Waals surface area (Å²) >= 11 is 0. The van der Waals surface area contributed by atoms with Gasteiger partial charge in [0.05, 0.1) is 11.4 Å². The second-order valence-corrected chi connectivity index (χ2v) is 10.5. The van der Waals surface area contributed by atoms with E-state index < -0.39 is 0 Å². The van der Waals surface area contributed by atoms with Gasteiger partial charge in [0.25, 0.3) is 6.33 Å². The first-order valence-corrected chi connectivity index (χ1v) is 13.4. The van der Waals surface area contributed by atoms with Crippen LogP contribution < -0.4 is 4.57 Å². The maximum absolute atomic E-state index is 5.14. The Hall–Kier alpha value is -4.44. The third-order valence-corrected chi connectivity index (χ3v) is 7.21. The minimum absolute atomic E-state index is 0.419. The largest absolute Gasteiger partial charge is 0.256 e.